The average molecular weight is 684 g/mol. The van der Waals surface area contributed by atoms with Gasteiger partial charge in [-0.3, -0.25) is 4.79 Å². The summed E-state index contributed by atoms with van der Waals surface area (Å²) in [5.74, 6) is -0.190. The van der Waals surface area contributed by atoms with Crippen molar-refractivity contribution in [1.29, 1.82) is 0 Å². The van der Waals surface area contributed by atoms with Crippen molar-refractivity contribution in [2.24, 2.45) is 0 Å². The van der Waals surface area contributed by atoms with E-state index in [1.807, 2.05) is 6.08 Å². The van der Waals surface area contributed by atoms with Gasteiger partial charge in [-0.2, -0.15) is 0 Å². The third-order valence-electron chi connectivity index (χ3n) is 9.28. The van der Waals surface area contributed by atoms with E-state index < -0.39 is 49.5 Å². The first-order valence-corrected chi connectivity index (χ1v) is 19.6. The lowest BCUT2D eigenvalue weighted by Crippen LogP contribution is -2.60. The molecule has 0 aromatic heterocycles. The standard InChI is InChI=1S/C39H73NO8/c1-3-5-7-9-11-13-15-17-18-20-22-24-26-28-33(42)32(31-47-39-38(46)37(45)36(44)34(30-41)48-39)40-35(43)29-27-25-23-21-19-16-14-12-10-8-6-4-2/h18,20,26,28,32-34,36-39,41-42,44-46H,3-17,19,21-25,27,29-31H2,1-2H3,(H,40,43)/b20-18+,28-26+. The zero-order valence-corrected chi connectivity index (χ0v) is 30.5. The fourth-order valence-corrected chi connectivity index (χ4v) is 6.05. The number of carbonyl (C=O) groups is 1. The molecule has 6 N–H and O–H groups in total. The number of carbonyl (C=O) groups excluding carboxylic acids is 1. The number of unbranched alkanes of at least 4 members (excludes halogenated alkanes) is 19. The number of nitrogens with one attached hydrogen (secondary N) is 1. The fraction of sp³-hybridized carbons (Fsp3) is 0.872. The molecular weight excluding hydrogens is 610 g/mol. The van der Waals surface area contributed by atoms with Gasteiger partial charge in [0.25, 0.3) is 0 Å². The molecule has 1 fully saturated rings. The van der Waals surface area contributed by atoms with Gasteiger partial charge in [0.15, 0.2) is 6.29 Å². The number of aliphatic hydroxyl groups is 5. The number of amides is 1. The van der Waals surface area contributed by atoms with Crippen molar-refractivity contribution >= 4 is 5.91 Å². The lowest BCUT2D eigenvalue weighted by Gasteiger charge is -2.40. The molecule has 0 spiro atoms. The van der Waals surface area contributed by atoms with Crippen LogP contribution < -0.4 is 5.32 Å². The molecule has 48 heavy (non-hydrogen) atoms. The molecule has 0 aromatic rings. The van der Waals surface area contributed by atoms with Gasteiger partial charge in [-0.15, -0.1) is 0 Å². The van der Waals surface area contributed by atoms with Crippen molar-refractivity contribution in [1.82, 2.24) is 5.32 Å². The largest absolute Gasteiger partial charge is 0.394 e. The predicted octanol–water partition coefficient (Wildman–Crippen LogP) is 6.77. The Morgan fingerprint density at radius 3 is 1.75 bits per heavy atom. The summed E-state index contributed by atoms with van der Waals surface area (Å²) in [6.07, 6.45) is 26.5. The second-order valence-electron chi connectivity index (χ2n) is 13.7. The maximum Gasteiger partial charge on any atom is 0.220 e. The minimum atomic E-state index is -1.57. The first-order valence-electron chi connectivity index (χ1n) is 19.6. The van der Waals surface area contributed by atoms with E-state index in [0.29, 0.717) is 6.42 Å². The van der Waals surface area contributed by atoms with Gasteiger partial charge < -0.3 is 40.3 Å². The van der Waals surface area contributed by atoms with Crippen molar-refractivity contribution in [2.75, 3.05) is 13.2 Å². The SMILES string of the molecule is CCCCCCCCC/C=C/CC/C=C/C(O)C(COC1OC(CO)C(O)C(O)C1O)NC(=O)CCCCCCCCCCCCCC. The zero-order chi connectivity index (χ0) is 35.2. The van der Waals surface area contributed by atoms with Crippen molar-refractivity contribution < 1.29 is 39.8 Å². The van der Waals surface area contributed by atoms with Crippen LogP contribution in [0.1, 0.15) is 162 Å². The molecule has 0 aromatic carbocycles. The van der Waals surface area contributed by atoms with Gasteiger partial charge in [-0.25, -0.2) is 0 Å². The molecule has 9 nitrogen and oxygen atoms in total. The van der Waals surface area contributed by atoms with E-state index in [0.717, 1.165) is 38.5 Å². The molecule has 1 saturated heterocycles. The van der Waals surface area contributed by atoms with Crippen LogP contribution >= 0.6 is 0 Å². The number of rotatable bonds is 31. The van der Waals surface area contributed by atoms with E-state index in [2.05, 4.69) is 31.3 Å². The number of allylic oxidation sites excluding steroid dienone is 3. The Morgan fingerprint density at radius 1 is 0.688 bits per heavy atom. The second-order valence-corrected chi connectivity index (χ2v) is 13.7. The van der Waals surface area contributed by atoms with Gasteiger partial charge in [-0.05, 0) is 32.1 Å². The minimum Gasteiger partial charge on any atom is -0.394 e. The second kappa shape index (κ2) is 30.5. The Hall–Kier alpha value is -1.33. The number of hydrogen-bond acceptors (Lipinski definition) is 8. The predicted molar refractivity (Wildman–Crippen MR) is 193 cm³/mol. The maximum atomic E-state index is 12.8. The first kappa shape index (κ1) is 44.7. The molecule has 7 atom stereocenters. The molecule has 1 aliphatic rings. The Labute approximate surface area is 292 Å². The molecule has 1 aliphatic heterocycles. The van der Waals surface area contributed by atoms with E-state index in [-0.39, 0.29) is 12.5 Å². The molecule has 1 amide bonds. The van der Waals surface area contributed by atoms with Gasteiger partial charge >= 0.3 is 0 Å². The third-order valence-corrected chi connectivity index (χ3v) is 9.28. The van der Waals surface area contributed by atoms with Gasteiger partial charge in [0.2, 0.25) is 5.91 Å². The number of aliphatic hydroxyl groups excluding tert-OH is 5. The smallest absolute Gasteiger partial charge is 0.220 e. The summed E-state index contributed by atoms with van der Waals surface area (Å²) >= 11 is 0. The van der Waals surface area contributed by atoms with Crippen LogP contribution in [0.25, 0.3) is 0 Å². The van der Waals surface area contributed by atoms with Crippen LogP contribution in [0.4, 0.5) is 0 Å². The highest BCUT2D eigenvalue weighted by Gasteiger charge is 2.44. The van der Waals surface area contributed by atoms with Crippen LogP contribution in [-0.2, 0) is 14.3 Å². The average Bonchev–Trinajstić information content (AvgIpc) is 3.08. The minimum absolute atomic E-state index is 0.190. The van der Waals surface area contributed by atoms with E-state index in [1.54, 1.807) is 6.08 Å². The van der Waals surface area contributed by atoms with Crippen molar-refractivity contribution in [3.05, 3.63) is 24.3 Å². The molecule has 282 valence electrons. The van der Waals surface area contributed by atoms with Crippen molar-refractivity contribution in [3.8, 4) is 0 Å². The van der Waals surface area contributed by atoms with E-state index in [1.165, 1.54) is 103 Å². The fourth-order valence-electron chi connectivity index (χ4n) is 6.05. The van der Waals surface area contributed by atoms with Gasteiger partial charge in [-0.1, -0.05) is 147 Å². The first-order chi connectivity index (χ1) is 23.3. The molecule has 1 heterocycles. The van der Waals surface area contributed by atoms with Crippen LogP contribution in [0.2, 0.25) is 0 Å². The maximum absolute atomic E-state index is 12.8. The summed E-state index contributed by atoms with van der Waals surface area (Å²) in [5, 5.41) is 53.8. The molecule has 0 saturated carbocycles. The quantitative estimate of drug-likeness (QED) is 0.0346. The normalized spacial score (nSPS) is 22.9. The summed E-state index contributed by atoms with van der Waals surface area (Å²) in [5.41, 5.74) is 0. The molecule has 0 bridgehead atoms. The van der Waals surface area contributed by atoms with Crippen LogP contribution in [0.5, 0.6) is 0 Å². The lowest BCUT2D eigenvalue weighted by atomic mass is 9.99. The molecule has 9 heteroatoms. The van der Waals surface area contributed by atoms with Crippen LogP contribution in [0.3, 0.4) is 0 Å². The van der Waals surface area contributed by atoms with Crippen LogP contribution in [0.15, 0.2) is 24.3 Å². The topological polar surface area (TPSA) is 149 Å². The van der Waals surface area contributed by atoms with E-state index in [9.17, 15) is 30.3 Å². The van der Waals surface area contributed by atoms with E-state index in [4.69, 9.17) is 9.47 Å². The molecule has 0 radical (unpaired) electrons. The Bertz CT molecular complexity index is 807. The Kier molecular flexibility index (Phi) is 28.4. The Morgan fingerprint density at radius 2 is 1.19 bits per heavy atom. The third kappa shape index (κ3) is 21.7. The van der Waals surface area contributed by atoms with Crippen LogP contribution in [-0.4, -0.2) is 87.5 Å². The zero-order valence-electron chi connectivity index (χ0n) is 30.5. The number of hydrogen-bond donors (Lipinski definition) is 6. The van der Waals surface area contributed by atoms with Gasteiger partial charge in [0.05, 0.1) is 25.4 Å². The molecule has 7 unspecified atom stereocenters. The molecule has 0 aliphatic carbocycles. The summed E-state index contributed by atoms with van der Waals surface area (Å²) in [7, 11) is 0. The summed E-state index contributed by atoms with van der Waals surface area (Å²) in [6, 6.07) is -0.814. The van der Waals surface area contributed by atoms with Crippen molar-refractivity contribution in [2.45, 2.75) is 204 Å². The van der Waals surface area contributed by atoms with E-state index >= 15 is 0 Å². The highest BCUT2D eigenvalue weighted by molar-refractivity contribution is 5.76. The van der Waals surface area contributed by atoms with Gasteiger partial charge in [0.1, 0.15) is 24.4 Å². The summed E-state index contributed by atoms with van der Waals surface area (Å²) in [4.78, 5) is 12.8. The lowest BCUT2D eigenvalue weighted by molar-refractivity contribution is -0.302. The highest BCUT2D eigenvalue weighted by Crippen LogP contribution is 2.22. The van der Waals surface area contributed by atoms with Crippen molar-refractivity contribution in [3.63, 3.8) is 0 Å². The molecular formula is C39H73NO8. The number of ether oxygens (including phenoxy) is 2. The van der Waals surface area contributed by atoms with Crippen LogP contribution in [0, 0.1) is 0 Å². The Balaban J connectivity index is 2.48. The summed E-state index contributed by atoms with van der Waals surface area (Å²) in [6.45, 7) is 3.71. The summed E-state index contributed by atoms with van der Waals surface area (Å²) < 4.78 is 11.1. The highest BCUT2D eigenvalue weighted by atomic mass is 16.7. The molecule has 1 rings (SSSR count). The monoisotopic (exact) mass is 684 g/mol. The van der Waals surface area contributed by atoms with Gasteiger partial charge in [0, 0.05) is 6.42 Å².